The maximum atomic E-state index is 9.20. The van der Waals surface area contributed by atoms with Crippen LogP contribution in [0.4, 0.5) is 5.69 Å². The average molecular weight is 424 g/mol. The van der Waals surface area contributed by atoms with Crippen LogP contribution in [-0.2, 0) is 11.2 Å². The molecule has 2 aliphatic heterocycles. The van der Waals surface area contributed by atoms with Gasteiger partial charge in [0.05, 0.1) is 23.1 Å². The summed E-state index contributed by atoms with van der Waals surface area (Å²) < 4.78 is 8.63. The fraction of sp³-hybridized carbons (Fsp3) is 0.435. The van der Waals surface area contributed by atoms with Crippen molar-refractivity contribution in [2.45, 2.75) is 31.9 Å². The molecule has 0 N–H and O–H groups in total. The molecule has 6 heteroatoms. The number of piperazine rings is 1. The van der Waals surface area contributed by atoms with E-state index in [4.69, 9.17) is 4.74 Å². The Morgan fingerprint density at radius 3 is 3.03 bits per heavy atom. The third kappa shape index (κ3) is 3.69. The van der Waals surface area contributed by atoms with E-state index in [-0.39, 0.29) is 6.10 Å². The molecule has 0 saturated carbocycles. The molecule has 2 aliphatic rings. The zero-order chi connectivity index (χ0) is 19.8. The minimum Gasteiger partial charge on any atom is -0.373 e. The Morgan fingerprint density at radius 1 is 1.28 bits per heavy atom. The van der Waals surface area contributed by atoms with Crippen molar-refractivity contribution in [2.24, 2.45) is 0 Å². The maximum Gasteiger partial charge on any atom is 0.110 e. The lowest BCUT2D eigenvalue weighted by atomic mass is 9.95. The van der Waals surface area contributed by atoms with E-state index in [2.05, 4.69) is 52.4 Å². The smallest absolute Gasteiger partial charge is 0.110 e. The van der Waals surface area contributed by atoms with Crippen molar-refractivity contribution < 1.29 is 4.74 Å². The van der Waals surface area contributed by atoms with E-state index in [1.165, 1.54) is 26.2 Å². The van der Waals surface area contributed by atoms with E-state index < -0.39 is 0 Å². The molecule has 2 aromatic heterocycles. The van der Waals surface area contributed by atoms with E-state index in [1.54, 1.807) is 22.7 Å². The molecule has 1 fully saturated rings. The highest BCUT2D eigenvalue weighted by Gasteiger charge is 2.27. The molecule has 0 amide bonds. The maximum absolute atomic E-state index is 9.20. The zero-order valence-electron chi connectivity index (χ0n) is 16.6. The van der Waals surface area contributed by atoms with Crippen LogP contribution in [0, 0.1) is 11.3 Å². The lowest BCUT2D eigenvalue weighted by molar-refractivity contribution is 0.0255. The van der Waals surface area contributed by atoms with Crippen LogP contribution >= 0.6 is 22.7 Å². The average Bonchev–Trinajstić information content (AvgIpc) is 3.33. The van der Waals surface area contributed by atoms with Crippen LogP contribution in [0.2, 0.25) is 0 Å². The van der Waals surface area contributed by atoms with Crippen LogP contribution in [0.25, 0.3) is 9.40 Å². The minimum absolute atomic E-state index is 0.234. The molecule has 1 saturated heterocycles. The second-order valence-corrected chi connectivity index (χ2v) is 9.93. The summed E-state index contributed by atoms with van der Waals surface area (Å²) in [5.74, 6) is 0. The second kappa shape index (κ2) is 8.08. The summed E-state index contributed by atoms with van der Waals surface area (Å²) in [5.41, 5.74) is 4.15. The summed E-state index contributed by atoms with van der Waals surface area (Å²) in [6.07, 6.45) is 2.32. The molecule has 150 valence electrons. The van der Waals surface area contributed by atoms with Crippen LogP contribution in [0.5, 0.6) is 0 Å². The molecule has 29 heavy (non-hydrogen) atoms. The fourth-order valence-corrected chi connectivity index (χ4v) is 6.85. The molecular weight excluding hydrogens is 398 g/mol. The third-order valence-electron chi connectivity index (χ3n) is 6.22. The van der Waals surface area contributed by atoms with E-state index in [0.29, 0.717) is 6.04 Å². The van der Waals surface area contributed by atoms with Crippen molar-refractivity contribution in [3.63, 3.8) is 0 Å². The van der Waals surface area contributed by atoms with Gasteiger partial charge in [0.25, 0.3) is 0 Å². The first kappa shape index (κ1) is 19.1. The minimum atomic E-state index is 0.234. The van der Waals surface area contributed by atoms with Crippen molar-refractivity contribution in [1.82, 2.24) is 4.90 Å². The Kier molecular flexibility index (Phi) is 5.31. The second-order valence-electron chi connectivity index (χ2n) is 7.96. The molecule has 0 aliphatic carbocycles. The van der Waals surface area contributed by atoms with Gasteiger partial charge in [-0.1, -0.05) is 24.3 Å². The predicted octanol–water partition coefficient (Wildman–Crippen LogP) is 5.05. The highest BCUT2D eigenvalue weighted by Crippen LogP contribution is 2.40. The van der Waals surface area contributed by atoms with E-state index in [0.717, 1.165) is 50.5 Å². The van der Waals surface area contributed by atoms with Gasteiger partial charge in [-0.05, 0) is 37.0 Å². The molecule has 1 aromatic carbocycles. The van der Waals surface area contributed by atoms with Gasteiger partial charge in [0, 0.05) is 42.3 Å². The first-order chi connectivity index (χ1) is 14.2. The summed E-state index contributed by atoms with van der Waals surface area (Å²) in [4.78, 5) is 5.92. The molecule has 2 atom stereocenters. The summed E-state index contributed by atoms with van der Waals surface area (Å²) in [5, 5.41) is 11.5. The largest absolute Gasteiger partial charge is 0.373 e. The third-order valence-corrected chi connectivity index (χ3v) is 8.32. The van der Waals surface area contributed by atoms with Crippen molar-refractivity contribution in [2.75, 3.05) is 37.7 Å². The van der Waals surface area contributed by atoms with Gasteiger partial charge < -0.3 is 9.64 Å². The van der Waals surface area contributed by atoms with Crippen molar-refractivity contribution in [3.8, 4) is 6.07 Å². The Hall–Kier alpha value is -1.91. The predicted molar refractivity (Wildman–Crippen MR) is 121 cm³/mol. The van der Waals surface area contributed by atoms with Gasteiger partial charge in [0.1, 0.15) is 10.9 Å². The number of fused-ring (bicyclic) bond motifs is 2. The lowest BCUT2D eigenvalue weighted by Crippen LogP contribution is -2.52. The van der Waals surface area contributed by atoms with Crippen molar-refractivity contribution in [3.05, 3.63) is 51.7 Å². The SMILES string of the molecule is C[C@@H]1CN(c2csc3cc(C#N)sc23)CCN1CC[C@@H]1OCCc2ccccc21. The molecule has 0 unspecified atom stereocenters. The summed E-state index contributed by atoms with van der Waals surface area (Å²) in [6.45, 7) is 7.39. The molecule has 4 nitrogen and oxygen atoms in total. The number of anilines is 1. The molecule has 5 rings (SSSR count). The van der Waals surface area contributed by atoms with E-state index in [9.17, 15) is 5.26 Å². The van der Waals surface area contributed by atoms with Crippen molar-refractivity contribution in [1.29, 1.82) is 5.26 Å². The number of hydrogen-bond donors (Lipinski definition) is 0. The Balaban J connectivity index is 1.23. The van der Waals surface area contributed by atoms with Crippen LogP contribution in [-0.4, -0.2) is 43.7 Å². The number of nitriles is 1. The molecule has 3 aromatic rings. The first-order valence-corrected chi connectivity index (χ1v) is 12.0. The van der Waals surface area contributed by atoms with Gasteiger partial charge in [-0.15, -0.1) is 22.7 Å². The zero-order valence-corrected chi connectivity index (χ0v) is 18.3. The number of benzene rings is 1. The van der Waals surface area contributed by atoms with Crippen LogP contribution in [0.1, 0.15) is 35.5 Å². The Morgan fingerprint density at radius 2 is 2.17 bits per heavy atom. The molecule has 0 radical (unpaired) electrons. The summed E-state index contributed by atoms with van der Waals surface area (Å²) in [6, 6.07) is 13.6. The van der Waals surface area contributed by atoms with Crippen LogP contribution in [0.15, 0.2) is 35.7 Å². The monoisotopic (exact) mass is 423 g/mol. The number of nitrogens with zero attached hydrogens (tertiary/aromatic N) is 3. The topological polar surface area (TPSA) is 39.5 Å². The highest BCUT2D eigenvalue weighted by molar-refractivity contribution is 7.28. The molecule has 4 heterocycles. The van der Waals surface area contributed by atoms with Crippen LogP contribution in [0.3, 0.4) is 0 Å². The number of hydrogen-bond acceptors (Lipinski definition) is 6. The Labute approximate surface area is 179 Å². The standard InChI is InChI=1S/C23H25N3OS2/c1-16-14-26(20-15-28-22-12-18(13-24)29-23(20)22)10-9-25(16)8-6-21-19-5-3-2-4-17(19)7-11-27-21/h2-5,12,15-16,21H,6-11,14H2,1H3/t16-,21+/m1/s1. The van der Waals surface area contributed by atoms with Gasteiger partial charge in [0.15, 0.2) is 0 Å². The van der Waals surface area contributed by atoms with Crippen LogP contribution < -0.4 is 4.90 Å². The quantitative estimate of drug-likeness (QED) is 0.589. The number of rotatable bonds is 4. The highest BCUT2D eigenvalue weighted by atomic mass is 32.1. The van der Waals surface area contributed by atoms with Gasteiger partial charge in [-0.3, -0.25) is 4.90 Å². The lowest BCUT2D eigenvalue weighted by Gasteiger charge is -2.41. The molecule has 0 spiro atoms. The molecule has 0 bridgehead atoms. The van der Waals surface area contributed by atoms with Gasteiger partial charge in [0.2, 0.25) is 0 Å². The first-order valence-electron chi connectivity index (χ1n) is 10.3. The van der Waals surface area contributed by atoms with E-state index >= 15 is 0 Å². The number of ether oxygens (including phenoxy) is 1. The van der Waals surface area contributed by atoms with Gasteiger partial charge in [-0.25, -0.2) is 0 Å². The fourth-order valence-electron chi connectivity index (χ4n) is 4.63. The van der Waals surface area contributed by atoms with E-state index in [1.807, 2.05) is 6.07 Å². The molecular formula is C23H25N3OS2. The normalized spacial score (nSPS) is 22.6. The van der Waals surface area contributed by atoms with Crippen molar-refractivity contribution >= 4 is 37.8 Å². The summed E-state index contributed by atoms with van der Waals surface area (Å²) >= 11 is 3.38. The van der Waals surface area contributed by atoms with Gasteiger partial charge >= 0.3 is 0 Å². The van der Waals surface area contributed by atoms with Gasteiger partial charge in [-0.2, -0.15) is 5.26 Å². The Bertz CT molecular complexity index is 1050. The summed E-state index contributed by atoms with van der Waals surface area (Å²) in [7, 11) is 0. The number of thiophene rings is 2.